The van der Waals surface area contributed by atoms with Gasteiger partial charge in [0.1, 0.15) is 6.04 Å². The predicted molar refractivity (Wildman–Crippen MR) is 78.2 cm³/mol. The van der Waals surface area contributed by atoms with Crippen LogP contribution < -0.4 is 5.56 Å². The largest absolute Gasteiger partial charge is 0.467 e. The Balaban J connectivity index is 2.39. The fourth-order valence-electron chi connectivity index (χ4n) is 2.39. The fraction of sp³-hybridized carbons (Fsp3) is 0.600. The first-order valence-electron chi connectivity index (χ1n) is 6.93. The summed E-state index contributed by atoms with van der Waals surface area (Å²) in [5.41, 5.74) is 0.716. The molecule has 0 spiro atoms. The van der Waals surface area contributed by atoms with Gasteiger partial charge in [-0.05, 0) is 36.7 Å². The van der Waals surface area contributed by atoms with Gasteiger partial charge in [0, 0.05) is 12.3 Å². The number of aromatic nitrogens is 1. The molecular weight excluding hydrogens is 278 g/mol. The van der Waals surface area contributed by atoms with E-state index in [0.717, 1.165) is 18.4 Å². The van der Waals surface area contributed by atoms with E-state index < -0.39 is 12.0 Å². The number of carbonyl (C=O) groups is 1. The lowest BCUT2D eigenvalue weighted by Gasteiger charge is -2.20. The molecular formula is C15H20ClNO3. The number of hydrogen-bond acceptors (Lipinski definition) is 3. The van der Waals surface area contributed by atoms with Gasteiger partial charge < -0.3 is 4.74 Å². The van der Waals surface area contributed by atoms with Crippen LogP contribution in [0.2, 0.25) is 5.02 Å². The average Bonchev–Trinajstić information content (AvgIpc) is 3.21. The molecule has 1 aliphatic carbocycles. The van der Waals surface area contributed by atoms with Gasteiger partial charge in [-0.1, -0.05) is 25.4 Å². The van der Waals surface area contributed by atoms with E-state index in [1.165, 1.54) is 11.7 Å². The molecule has 4 nitrogen and oxygen atoms in total. The van der Waals surface area contributed by atoms with Gasteiger partial charge in [-0.15, -0.1) is 0 Å². The Bertz CT molecular complexity index is 561. The van der Waals surface area contributed by atoms with Crippen LogP contribution in [0.4, 0.5) is 0 Å². The van der Waals surface area contributed by atoms with Crippen LogP contribution in [-0.4, -0.2) is 17.6 Å². The molecule has 0 saturated heterocycles. The zero-order chi connectivity index (χ0) is 14.9. The molecule has 1 fully saturated rings. The van der Waals surface area contributed by atoms with E-state index in [1.807, 2.05) is 13.8 Å². The number of pyridine rings is 1. The summed E-state index contributed by atoms with van der Waals surface area (Å²) in [6.07, 6.45) is 4.29. The number of rotatable bonds is 5. The van der Waals surface area contributed by atoms with Crippen molar-refractivity contribution < 1.29 is 9.53 Å². The van der Waals surface area contributed by atoms with Crippen LogP contribution >= 0.6 is 11.6 Å². The van der Waals surface area contributed by atoms with Gasteiger partial charge in [0.2, 0.25) is 0 Å². The maximum Gasteiger partial charge on any atom is 0.328 e. The molecule has 1 unspecified atom stereocenters. The second kappa shape index (κ2) is 6.00. The molecule has 0 bridgehead atoms. The zero-order valence-electron chi connectivity index (χ0n) is 12.1. The minimum absolute atomic E-state index is 0.188. The number of hydrogen-bond donors (Lipinski definition) is 0. The predicted octanol–water partition coefficient (Wildman–Crippen LogP) is 3.14. The molecule has 1 aliphatic rings. The Morgan fingerprint density at radius 3 is 2.65 bits per heavy atom. The smallest absolute Gasteiger partial charge is 0.328 e. The van der Waals surface area contributed by atoms with E-state index in [-0.39, 0.29) is 11.5 Å². The van der Waals surface area contributed by atoms with E-state index in [0.29, 0.717) is 17.4 Å². The van der Waals surface area contributed by atoms with Gasteiger partial charge in [0.15, 0.2) is 0 Å². The topological polar surface area (TPSA) is 48.3 Å². The third-order valence-electron chi connectivity index (χ3n) is 3.58. The lowest BCUT2D eigenvalue weighted by atomic mass is 10.0. The normalized spacial score (nSPS) is 16.2. The Hall–Kier alpha value is -1.29. The van der Waals surface area contributed by atoms with E-state index >= 15 is 0 Å². The summed E-state index contributed by atoms with van der Waals surface area (Å²) >= 11 is 6.25. The maximum absolute atomic E-state index is 12.3. The summed E-state index contributed by atoms with van der Waals surface area (Å²) in [5, 5.41) is 0.560. The lowest BCUT2D eigenvalue weighted by molar-refractivity contribution is -0.145. The SMILES string of the molecule is COC(=O)C(CC(C)C)n1cc(Cl)c(C2CC2)cc1=O. The Labute approximate surface area is 123 Å². The van der Waals surface area contributed by atoms with Crippen molar-refractivity contribution in [1.82, 2.24) is 4.57 Å². The minimum atomic E-state index is -0.613. The van der Waals surface area contributed by atoms with Crippen molar-refractivity contribution in [1.29, 1.82) is 0 Å². The van der Waals surface area contributed by atoms with Gasteiger partial charge in [-0.2, -0.15) is 0 Å². The molecule has 2 rings (SSSR count). The van der Waals surface area contributed by atoms with Crippen molar-refractivity contribution in [3.05, 3.63) is 33.2 Å². The molecule has 20 heavy (non-hydrogen) atoms. The molecule has 1 saturated carbocycles. The quantitative estimate of drug-likeness (QED) is 0.785. The number of nitrogens with zero attached hydrogens (tertiary/aromatic N) is 1. The van der Waals surface area contributed by atoms with Crippen LogP contribution in [-0.2, 0) is 9.53 Å². The maximum atomic E-state index is 12.3. The first-order valence-corrected chi connectivity index (χ1v) is 7.31. The average molecular weight is 298 g/mol. The fourth-order valence-corrected chi connectivity index (χ4v) is 2.71. The van der Waals surface area contributed by atoms with E-state index in [1.54, 1.807) is 12.3 Å². The monoisotopic (exact) mass is 297 g/mol. The van der Waals surface area contributed by atoms with Crippen LogP contribution in [0.15, 0.2) is 17.1 Å². The summed E-state index contributed by atoms with van der Waals surface area (Å²) in [6, 6.07) is 0.953. The van der Waals surface area contributed by atoms with Crippen LogP contribution in [0.5, 0.6) is 0 Å². The molecule has 1 aromatic rings. The first kappa shape index (κ1) is 15.1. The molecule has 0 aliphatic heterocycles. The number of ether oxygens (including phenoxy) is 1. The molecule has 1 aromatic heterocycles. The standard InChI is InChI=1S/C15H20ClNO3/c1-9(2)6-13(15(19)20-3)17-8-12(16)11(7-14(17)18)10-4-5-10/h7-10,13H,4-6H2,1-3H3. The van der Waals surface area contributed by atoms with Crippen LogP contribution in [0.3, 0.4) is 0 Å². The third kappa shape index (κ3) is 3.23. The summed E-state index contributed by atoms with van der Waals surface area (Å²) < 4.78 is 6.21. The molecule has 0 aromatic carbocycles. The molecule has 0 amide bonds. The lowest BCUT2D eigenvalue weighted by Crippen LogP contribution is -2.31. The molecule has 0 radical (unpaired) electrons. The minimum Gasteiger partial charge on any atom is -0.467 e. The number of methoxy groups -OCH3 is 1. The highest BCUT2D eigenvalue weighted by Crippen LogP contribution is 2.42. The summed E-state index contributed by atoms with van der Waals surface area (Å²) in [5.74, 6) is 0.274. The summed E-state index contributed by atoms with van der Waals surface area (Å²) in [4.78, 5) is 24.2. The van der Waals surface area contributed by atoms with Crippen LogP contribution in [0.25, 0.3) is 0 Å². The number of esters is 1. The number of carbonyl (C=O) groups excluding carboxylic acids is 1. The highest BCUT2D eigenvalue weighted by atomic mass is 35.5. The van der Waals surface area contributed by atoms with E-state index in [9.17, 15) is 9.59 Å². The van der Waals surface area contributed by atoms with Crippen LogP contribution in [0.1, 0.15) is 50.6 Å². The Morgan fingerprint density at radius 1 is 1.50 bits per heavy atom. The number of halogens is 1. The Morgan fingerprint density at radius 2 is 2.15 bits per heavy atom. The van der Waals surface area contributed by atoms with E-state index in [2.05, 4.69) is 0 Å². The molecule has 110 valence electrons. The van der Waals surface area contributed by atoms with Crippen molar-refractivity contribution in [2.75, 3.05) is 7.11 Å². The zero-order valence-corrected chi connectivity index (χ0v) is 12.8. The molecule has 1 heterocycles. The molecule has 0 N–H and O–H groups in total. The second-order valence-electron chi connectivity index (χ2n) is 5.77. The van der Waals surface area contributed by atoms with E-state index in [4.69, 9.17) is 16.3 Å². The van der Waals surface area contributed by atoms with Crippen molar-refractivity contribution in [2.45, 2.75) is 45.1 Å². The Kier molecular flexibility index (Phi) is 4.53. The highest BCUT2D eigenvalue weighted by molar-refractivity contribution is 6.31. The highest BCUT2D eigenvalue weighted by Gasteiger charge is 2.29. The molecule has 1 atom stereocenters. The third-order valence-corrected chi connectivity index (χ3v) is 3.90. The van der Waals surface area contributed by atoms with Crippen LogP contribution in [0, 0.1) is 5.92 Å². The van der Waals surface area contributed by atoms with Gasteiger partial charge >= 0.3 is 5.97 Å². The van der Waals surface area contributed by atoms with Crippen molar-refractivity contribution in [2.24, 2.45) is 5.92 Å². The van der Waals surface area contributed by atoms with Gasteiger partial charge in [-0.25, -0.2) is 4.79 Å². The van der Waals surface area contributed by atoms with Crippen molar-refractivity contribution in [3.63, 3.8) is 0 Å². The van der Waals surface area contributed by atoms with Crippen molar-refractivity contribution >= 4 is 17.6 Å². The molecule has 5 heteroatoms. The van der Waals surface area contributed by atoms with Crippen molar-refractivity contribution in [3.8, 4) is 0 Å². The first-order chi connectivity index (χ1) is 9.43. The summed E-state index contributed by atoms with van der Waals surface area (Å²) in [7, 11) is 1.33. The second-order valence-corrected chi connectivity index (χ2v) is 6.17. The van der Waals surface area contributed by atoms with Gasteiger partial charge in [0.05, 0.1) is 12.1 Å². The summed E-state index contributed by atoms with van der Waals surface area (Å²) in [6.45, 7) is 4.00. The van der Waals surface area contributed by atoms with Gasteiger partial charge in [0.25, 0.3) is 5.56 Å². The van der Waals surface area contributed by atoms with Gasteiger partial charge in [-0.3, -0.25) is 9.36 Å².